The number of hydrogen-bond acceptors (Lipinski definition) is 7. The van der Waals surface area contributed by atoms with Crippen LogP contribution in [-0.4, -0.2) is 36.4 Å². The van der Waals surface area contributed by atoms with Gasteiger partial charge in [-0.3, -0.25) is 14.7 Å². The molecule has 0 N–H and O–H groups in total. The number of anilines is 1. The summed E-state index contributed by atoms with van der Waals surface area (Å²) in [4.78, 5) is 25.5. The highest BCUT2D eigenvalue weighted by Crippen LogP contribution is 2.41. The standard InChI is InChI=1S/C23H21N3O3S2/c1-28-17-11-12-18(29-2)21-20(17)25-23(31-21)26(14-15-8-6-7-13-24-15)22(27)16-9-4-5-10-19(16)30-3/h4-13H,14H2,1-3H3. The first kappa shape index (κ1) is 21.1. The van der Waals surface area contributed by atoms with Crippen LogP contribution in [0, 0.1) is 0 Å². The zero-order chi connectivity index (χ0) is 21.8. The van der Waals surface area contributed by atoms with Crippen LogP contribution in [0.15, 0.2) is 65.7 Å². The maximum Gasteiger partial charge on any atom is 0.261 e. The van der Waals surface area contributed by atoms with Crippen LogP contribution >= 0.6 is 23.1 Å². The van der Waals surface area contributed by atoms with E-state index < -0.39 is 0 Å². The summed E-state index contributed by atoms with van der Waals surface area (Å²) in [6, 6.07) is 16.9. The molecule has 0 bridgehead atoms. The minimum absolute atomic E-state index is 0.132. The first-order chi connectivity index (χ1) is 15.2. The highest BCUT2D eigenvalue weighted by molar-refractivity contribution is 7.98. The Morgan fingerprint density at radius 3 is 2.48 bits per heavy atom. The number of methoxy groups -OCH3 is 2. The van der Waals surface area contributed by atoms with Crippen molar-refractivity contribution in [1.29, 1.82) is 0 Å². The number of ether oxygens (including phenoxy) is 2. The Balaban J connectivity index is 1.85. The fourth-order valence-corrected chi connectivity index (χ4v) is 4.90. The minimum atomic E-state index is -0.132. The molecule has 4 rings (SSSR count). The van der Waals surface area contributed by atoms with E-state index in [1.165, 1.54) is 23.1 Å². The van der Waals surface area contributed by atoms with Crippen molar-refractivity contribution in [2.75, 3.05) is 25.4 Å². The van der Waals surface area contributed by atoms with E-state index in [2.05, 4.69) is 4.98 Å². The first-order valence-corrected chi connectivity index (χ1v) is 11.6. The molecule has 1 amide bonds. The van der Waals surface area contributed by atoms with Gasteiger partial charge in [-0.15, -0.1) is 11.8 Å². The fraction of sp³-hybridized carbons (Fsp3) is 0.174. The van der Waals surface area contributed by atoms with Gasteiger partial charge in [-0.1, -0.05) is 29.5 Å². The molecular weight excluding hydrogens is 430 g/mol. The average Bonchev–Trinajstić information content (AvgIpc) is 3.27. The molecule has 31 heavy (non-hydrogen) atoms. The summed E-state index contributed by atoms with van der Waals surface area (Å²) in [7, 11) is 3.22. The lowest BCUT2D eigenvalue weighted by Gasteiger charge is -2.20. The Morgan fingerprint density at radius 2 is 1.77 bits per heavy atom. The van der Waals surface area contributed by atoms with Crippen molar-refractivity contribution in [3.8, 4) is 11.5 Å². The van der Waals surface area contributed by atoms with Gasteiger partial charge in [0.05, 0.1) is 32.0 Å². The highest BCUT2D eigenvalue weighted by Gasteiger charge is 2.25. The van der Waals surface area contributed by atoms with Crippen LogP contribution in [0.5, 0.6) is 11.5 Å². The lowest BCUT2D eigenvalue weighted by Crippen LogP contribution is -2.31. The Labute approximate surface area is 188 Å². The Morgan fingerprint density at radius 1 is 1.03 bits per heavy atom. The summed E-state index contributed by atoms with van der Waals surface area (Å²) in [6.07, 6.45) is 3.68. The Kier molecular flexibility index (Phi) is 6.39. The molecule has 158 valence electrons. The number of carbonyl (C=O) groups is 1. The van der Waals surface area contributed by atoms with Gasteiger partial charge >= 0.3 is 0 Å². The lowest BCUT2D eigenvalue weighted by molar-refractivity contribution is 0.0982. The molecule has 0 aliphatic heterocycles. The van der Waals surface area contributed by atoms with Gasteiger partial charge in [0.1, 0.15) is 21.7 Å². The molecule has 0 spiro atoms. The summed E-state index contributed by atoms with van der Waals surface area (Å²) in [5.74, 6) is 1.19. The van der Waals surface area contributed by atoms with Crippen molar-refractivity contribution in [2.45, 2.75) is 11.4 Å². The van der Waals surface area contributed by atoms with Gasteiger partial charge in [0.2, 0.25) is 0 Å². The zero-order valence-electron chi connectivity index (χ0n) is 17.4. The number of carbonyl (C=O) groups excluding carboxylic acids is 1. The van der Waals surface area contributed by atoms with Crippen LogP contribution in [0.25, 0.3) is 10.2 Å². The third kappa shape index (κ3) is 4.22. The quantitative estimate of drug-likeness (QED) is 0.356. The van der Waals surface area contributed by atoms with Crippen LogP contribution in [0.4, 0.5) is 5.13 Å². The van der Waals surface area contributed by atoms with E-state index in [0.717, 1.165) is 15.3 Å². The summed E-state index contributed by atoms with van der Waals surface area (Å²) >= 11 is 2.94. The second-order valence-corrected chi connectivity index (χ2v) is 8.38. The number of thioether (sulfide) groups is 1. The molecule has 0 aliphatic carbocycles. The number of nitrogens with zero attached hydrogens (tertiary/aromatic N) is 3. The molecule has 0 saturated heterocycles. The number of thiazole rings is 1. The SMILES string of the molecule is COc1ccc(OC)c2sc(N(Cc3ccccn3)C(=O)c3ccccc3SC)nc12. The van der Waals surface area contributed by atoms with Crippen molar-refractivity contribution >= 4 is 44.4 Å². The molecule has 2 aromatic heterocycles. The molecule has 8 heteroatoms. The number of aromatic nitrogens is 2. The largest absolute Gasteiger partial charge is 0.495 e. The minimum Gasteiger partial charge on any atom is -0.495 e. The summed E-state index contributed by atoms with van der Waals surface area (Å²) < 4.78 is 11.8. The van der Waals surface area contributed by atoms with E-state index in [0.29, 0.717) is 34.3 Å². The molecule has 2 heterocycles. The molecule has 2 aromatic carbocycles. The van der Waals surface area contributed by atoms with Crippen molar-refractivity contribution in [1.82, 2.24) is 9.97 Å². The molecular formula is C23H21N3O3S2. The maximum absolute atomic E-state index is 13.7. The predicted octanol–water partition coefficient (Wildman–Crippen LogP) is 5.28. The van der Waals surface area contributed by atoms with Crippen molar-refractivity contribution < 1.29 is 14.3 Å². The third-order valence-electron chi connectivity index (χ3n) is 4.76. The summed E-state index contributed by atoms with van der Waals surface area (Å²) in [5, 5.41) is 0.560. The van der Waals surface area contributed by atoms with Gasteiger partial charge in [-0.25, -0.2) is 4.98 Å². The summed E-state index contributed by atoms with van der Waals surface area (Å²) in [6.45, 7) is 0.298. The normalized spacial score (nSPS) is 10.8. The lowest BCUT2D eigenvalue weighted by atomic mass is 10.2. The van der Waals surface area contributed by atoms with E-state index in [1.807, 2.05) is 60.9 Å². The van der Waals surface area contributed by atoms with Crippen LogP contribution < -0.4 is 14.4 Å². The zero-order valence-corrected chi connectivity index (χ0v) is 19.0. The highest BCUT2D eigenvalue weighted by atomic mass is 32.2. The van der Waals surface area contributed by atoms with Crippen molar-refractivity contribution in [3.05, 3.63) is 72.1 Å². The second kappa shape index (κ2) is 9.36. The van der Waals surface area contributed by atoms with Crippen molar-refractivity contribution in [2.24, 2.45) is 0 Å². The van der Waals surface area contributed by atoms with E-state index in [9.17, 15) is 4.79 Å². The topological polar surface area (TPSA) is 64.6 Å². The summed E-state index contributed by atoms with van der Waals surface area (Å²) in [5.41, 5.74) is 2.07. The van der Waals surface area contributed by atoms with Gasteiger partial charge in [0, 0.05) is 11.1 Å². The predicted molar refractivity (Wildman–Crippen MR) is 126 cm³/mol. The third-order valence-corrected chi connectivity index (χ3v) is 6.65. The number of rotatable bonds is 7. The molecule has 0 fully saturated rings. The van der Waals surface area contributed by atoms with Crippen LogP contribution in [0.3, 0.4) is 0 Å². The molecule has 0 unspecified atom stereocenters. The van der Waals surface area contributed by atoms with Gasteiger partial charge in [-0.2, -0.15) is 0 Å². The van der Waals surface area contributed by atoms with Crippen LogP contribution in [0.1, 0.15) is 16.1 Å². The van der Waals surface area contributed by atoms with Crippen molar-refractivity contribution in [3.63, 3.8) is 0 Å². The first-order valence-electron chi connectivity index (χ1n) is 9.52. The molecule has 0 atom stereocenters. The molecule has 0 saturated carbocycles. The van der Waals surface area contributed by atoms with E-state index in [4.69, 9.17) is 14.5 Å². The van der Waals surface area contributed by atoms with E-state index in [1.54, 1.807) is 25.3 Å². The smallest absolute Gasteiger partial charge is 0.261 e. The average molecular weight is 452 g/mol. The number of amides is 1. The van der Waals surface area contributed by atoms with E-state index in [-0.39, 0.29) is 5.91 Å². The molecule has 4 aromatic rings. The second-order valence-electron chi connectivity index (χ2n) is 6.56. The number of fused-ring (bicyclic) bond motifs is 1. The van der Waals surface area contributed by atoms with Gasteiger partial charge < -0.3 is 9.47 Å². The number of benzene rings is 2. The molecule has 0 aliphatic rings. The Bertz CT molecular complexity index is 1170. The van der Waals surface area contributed by atoms with Gasteiger partial charge in [0.25, 0.3) is 5.91 Å². The number of hydrogen-bond donors (Lipinski definition) is 0. The molecule has 6 nitrogen and oxygen atoms in total. The fourth-order valence-electron chi connectivity index (χ4n) is 3.24. The Hall–Kier alpha value is -3.10. The molecule has 0 radical (unpaired) electrons. The van der Waals surface area contributed by atoms with Crippen LogP contribution in [0.2, 0.25) is 0 Å². The van der Waals surface area contributed by atoms with Gasteiger partial charge in [0.15, 0.2) is 5.13 Å². The maximum atomic E-state index is 13.7. The van der Waals surface area contributed by atoms with Crippen LogP contribution in [-0.2, 0) is 6.54 Å². The van der Waals surface area contributed by atoms with Gasteiger partial charge in [-0.05, 0) is 42.7 Å². The monoisotopic (exact) mass is 451 g/mol. The number of pyridine rings is 1. The van der Waals surface area contributed by atoms with E-state index >= 15 is 0 Å².